The molecule has 0 aromatic heterocycles. The molecule has 4 heteroatoms. The lowest BCUT2D eigenvalue weighted by molar-refractivity contribution is 0.389. The molecule has 0 aliphatic rings. The molecule has 4 nitrogen and oxygen atoms in total. The fraction of sp³-hybridized carbons (Fsp3) is 1.00. The van der Waals surface area contributed by atoms with Crippen molar-refractivity contribution < 1.29 is 0 Å². The SMILES string of the molecule is CCC(NN)C(C)NN. The van der Waals surface area contributed by atoms with Gasteiger partial charge in [-0.2, -0.15) is 0 Å². The van der Waals surface area contributed by atoms with Gasteiger partial charge in [0.2, 0.25) is 0 Å². The van der Waals surface area contributed by atoms with E-state index in [1.54, 1.807) is 0 Å². The first-order valence-electron chi connectivity index (χ1n) is 3.18. The molecule has 0 fully saturated rings. The lowest BCUT2D eigenvalue weighted by Gasteiger charge is -2.20. The summed E-state index contributed by atoms with van der Waals surface area (Å²) in [5.41, 5.74) is 5.28. The van der Waals surface area contributed by atoms with E-state index in [1.807, 2.05) is 6.92 Å². The third-order valence-corrected chi connectivity index (χ3v) is 1.52. The second-order valence-electron chi connectivity index (χ2n) is 2.14. The van der Waals surface area contributed by atoms with Gasteiger partial charge in [0.25, 0.3) is 0 Å². The predicted octanol–water partition coefficient (Wildman–Crippen LogP) is -0.920. The highest BCUT2D eigenvalue weighted by molar-refractivity contribution is 4.72. The van der Waals surface area contributed by atoms with Crippen LogP contribution in [0.2, 0.25) is 0 Å². The summed E-state index contributed by atoms with van der Waals surface area (Å²) < 4.78 is 0. The number of hydrogen-bond donors (Lipinski definition) is 4. The normalized spacial score (nSPS) is 17.3. The quantitative estimate of drug-likeness (QED) is 0.295. The molecule has 0 rings (SSSR count). The molecule has 0 aromatic carbocycles. The van der Waals surface area contributed by atoms with Crippen LogP contribution in [0.1, 0.15) is 20.3 Å². The van der Waals surface area contributed by atoms with Gasteiger partial charge in [0.1, 0.15) is 0 Å². The van der Waals surface area contributed by atoms with Crippen LogP contribution in [0.5, 0.6) is 0 Å². The highest BCUT2D eigenvalue weighted by atomic mass is 15.3. The summed E-state index contributed by atoms with van der Waals surface area (Å²) in [6.07, 6.45) is 0.974. The molecule has 0 saturated heterocycles. The average molecular weight is 132 g/mol. The molecule has 0 saturated carbocycles. The third-order valence-electron chi connectivity index (χ3n) is 1.52. The molecule has 6 N–H and O–H groups in total. The van der Waals surface area contributed by atoms with E-state index < -0.39 is 0 Å². The number of hydrogen-bond acceptors (Lipinski definition) is 4. The topological polar surface area (TPSA) is 76.1 Å². The Labute approximate surface area is 55.9 Å². The van der Waals surface area contributed by atoms with Gasteiger partial charge >= 0.3 is 0 Å². The van der Waals surface area contributed by atoms with Gasteiger partial charge in [0.15, 0.2) is 0 Å². The van der Waals surface area contributed by atoms with Crippen molar-refractivity contribution in [2.75, 3.05) is 0 Å². The van der Waals surface area contributed by atoms with Crippen molar-refractivity contribution in [2.45, 2.75) is 32.4 Å². The zero-order chi connectivity index (χ0) is 7.28. The maximum Gasteiger partial charge on any atom is 0.0372 e. The van der Waals surface area contributed by atoms with Crippen molar-refractivity contribution in [2.24, 2.45) is 11.7 Å². The van der Waals surface area contributed by atoms with Gasteiger partial charge in [-0.05, 0) is 13.3 Å². The number of nitrogens with two attached hydrogens (primary N) is 2. The van der Waals surface area contributed by atoms with E-state index in [0.717, 1.165) is 6.42 Å². The second-order valence-corrected chi connectivity index (χ2v) is 2.14. The Balaban J connectivity index is 3.50. The van der Waals surface area contributed by atoms with Crippen LogP contribution in [0.25, 0.3) is 0 Å². The summed E-state index contributed by atoms with van der Waals surface area (Å²) >= 11 is 0. The Morgan fingerprint density at radius 1 is 1.33 bits per heavy atom. The molecule has 2 atom stereocenters. The second kappa shape index (κ2) is 4.69. The molecule has 2 unspecified atom stereocenters. The molecule has 0 aliphatic carbocycles. The largest absolute Gasteiger partial charge is 0.271 e. The molecule has 56 valence electrons. The summed E-state index contributed by atoms with van der Waals surface area (Å²) in [7, 11) is 0. The molecule has 0 aromatic rings. The van der Waals surface area contributed by atoms with Gasteiger partial charge < -0.3 is 0 Å². The van der Waals surface area contributed by atoms with E-state index in [4.69, 9.17) is 11.7 Å². The Kier molecular flexibility index (Phi) is 4.61. The Bertz CT molecular complexity index is 62.0. The fourth-order valence-corrected chi connectivity index (χ4v) is 0.732. The molecular formula is C5H16N4. The smallest absolute Gasteiger partial charge is 0.0372 e. The minimum atomic E-state index is 0.222. The molecule has 0 spiro atoms. The first-order valence-corrected chi connectivity index (χ1v) is 3.18. The van der Waals surface area contributed by atoms with Crippen molar-refractivity contribution >= 4 is 0 Å². The first-order chi connectivity index (χ1) is 4.26. The zero-order valence-electron chi connectivity index (χ0n) is 6.02. The van der Waals surface area contributed by atoms with Crippen LogP contribution in [-0.2, 0) is 0 Å². The van der Waals surface area contributed by atoms with E-state index >= 15 is 0 Å². The van der Waals surface area contributed by atoms with Crippen LogP contribution in [0.3, 0.4) is 0 Å². The van der Waals surface area contributed by atoms with Crippen LogP contribution in [0, 0.1) is 0 Å². The van der Waals surface area contributed by atoms with Gasteiger partial charge in [0.05, 0.1) is 0 Å². The van der Waals surface area contributed by atoms with Gasteiger partial charge in [-0.15, -0.1) is 0 Å². The molecule has 0 heterocycles. The maximum absolute atomic E-state index is 5.21. The van der Waals surface area contributed by atoms with E-state index in [-0.39, 0.29) is 12.1 Å². The summed E-state index contributed by atoms with van der Waals surface area (Å²) in [6, 6.07) is 0.481. The fourth-order valence-electron chi connectivity index (χ4n) is 0.732. The average Bonchev–Trinajstić information content (AvgIpc) is 1.90. The highest BCUT2D eigenvalue weighted by Gasteiger charge is 2.10. The lowest BCUT2D eigenvalue weighted by Crippen LogP contribution is -2.50. The van der Waals surface area contributed by atoms with Crippen LogP contribution in [0.4, 0.5) is 0 Å². The van der Waals surface area contributed by atoms with Crippen LogP contribution >= 0.6 is 0 Å². The van der Waals surface area contributed by atoms with Crippen LogP contribution in [0.15, 0.2) is 0 Å². The van der Waals surface area contributed by atoms with Gasteiger partial charge in [0, 0.05) is 12.1 Å². The number of hydrazine groups is 2. The van der Waals surface area contributed by atoms with Crippen LogP contribution < -0.4 is 22.5 Å². The molecular weight excluding hydrogens is 116 g/mol. The first kappa shape index (κ1) is 8.84. The number of nitrogens with one attached hydrogen (secondary N) is 2. The minimum Gasteiger partial charge on any atom is -0.271 e. The summed E-state index contributed by atoms with van der Waals surface area (Å²) in [5.74, 6) is 10.4. The van der Waals surface area contributed by atoms with Gasteiger partial charge in [-0.3, -0.25) is 22.5 Å². The van der Waals surface area contributed by atoms with E-state index in [1.165, 1.54) is 0 Å². The highest BCUT2D eigenvalue weighted by Crippen LogP contribution is 1.93. The summed E-state index contributed by atoms with van der Waals surface area (Å²) in [4.78, 5) is 0. The molecule has 0 aliphatic heterocycles. The molecule has 9 heavy (non-hydrogen) atoms. The molecule has 0 amide bonds. The Morgan fingerprint density at radius 3 is 2.00 bits per heavy atom. The monoisotopic (exact) mass is 132 g/mol. The van der Waals surface area contributed by atoms with Crippen molar-refractivity contribution in [3.8, 4) is 0 Å². The summed E-state index contributed by atoms with van der Waals surface area (Å²) in [6.45, 7) is 4.03. The van der Waals surface area contributed by atoms with Gasteiger partial charge in [-0.25, -0.2) is 0 Å². The summed E-state index contributed by atoms with van der Waals surface area (Å²) in [5, 5.41) is 0. The predicted molar refractivity (Wildman–Crippen MR) is 38.2 cm³/mol. The maximum atomic E-state index is 5.21. The van der Waals surface area contributed by atoms with Crippen molar-refractivity contribution in [1.82, 2.24) is 10.9 Å². The minimum absolute atomic E-state index is 0.222. The zero-order valence-corrected chi connectivity index (χ0v) is 6.02. The van der Waals surface area contributed by atoms with E-state index in [0.29, 0.717) is 0 Å². The van der Waals surface area contributed by atoms with Crippen molar-refractivity contribution in [1.29, 1.82) is 0 Å². The lowest BCUT2D eigenvalue weighted by atomic mass is 10.1. The third kappa shape index (κ3) is 2.76. The Morgan fingerprint density at radius 2 is 1.89 bits per heavy atom. The Hall–Kier alpha value is -0.160. The standard InChI is InChI=1S/C5H16N4/c1-3-5(9-7)4(2)8-6/h4-5,8-9H,3,6-7H2,1-2H3. The van der Waals surface area contributed by atoms with E-state index in [2.05, 4.69) is 17.8 Å². The molecule has 0 radical (unpaired) electrons. The molecule has 0 bridgehead atoms. The van der Waals surface area contributed by atoms with E-state index in [9.17, 15) is 0 Å². The van der Waals surface area contributed by atoms with Crippen molar-refractivity contribution in [3.05, 3.63) is 0 Å². The number of rotatable bonds is 4. The van der Waals surface area contributed by atoms with Gasteiger partial charge in [-0.1, -0.05) is 6.92 Å². The van der Waals surface area contributed by atoms with Crippen LogP contribution in [-0.4, -0.2) is 12.1 Å². The van der Waals surface area contributed by atoms with Crippen molar-refractivity contribution in [3.63, 3.8) is 0 Å².